The molecular weight excluding hydrogens is 314 g/mol. The summed E-state index contributed by atoms with van der Waals surface area (Å²) in [5.41, 5.74) is 3.15. The second kappa shape index (κ2) is 6.89. The fourth-order valence-corrected chi connectivity index (χ4v) is 2.82. The van der Waals surface area contributed by atoms with E-state index in [1.807, 2.05) is 45.0 Å². The van der Waals surface area contributed by atoms with Crippen LogP contribution in [0.3, 0.4) is 0 Å². The van der Waals surface area contributed by atoms with E-state index >= 15 is 0 Å². The number of carbonyl (C=O) groups is 1. The van der Waals surface area contributed by atoms with E-state index in [-0.39, 0.29) is 17.5 Å². The lowest BCUT2D eigenvalue weighted by atomic mass is 10.1. The van der Waals surface area contributed by atoms with Gasteiger partial charge in [-0.3, -0.25) is 9.59 Å². The number of nitrogens with one attached hydrogen (secondary N) is 1. The van der Waals surface area contributed by atoms with Gasteiger partial charge in [-0.05, 0) is 45.0 Å². The molecule has 5 heteroatoms. The van der Waals surface area contributed by atoms with Crippen LogP contribution in [-0.2, 0) is 6.54 Å². The van der Waals surface area contributed by atoms with Crippen molar-refractivity contribution in [2.75, 3.05) is 0 Å². The number of aryl methyl sites for hydroxylation is 1. The molecule has 0 aliphatic heterocycles. The van der Waals surface area contributed by atoms with Crippen molar-refractivity contribution in [3.63, 3.8) is 0 Å². The second-order valence-corrected chi connectivity index (χ2v) is 6.20. The van der Waals surface area contributed by atoms with Gasteiger partial charge in [-0.25, -0.2) is 4.98 Å². The van der Waals surface area contributed by atoms with Gasteiger partial charge in [0.2, 0.25) is 0 Å². The summed E-state index contributed by atoms with van der Waals surface area (Å²) in [7, 11) is 0. The summed E-state index contributed by atoms with van der Waals surface area (Å²) in [5, 5.41) is 2.85. The number of para-hydroxylation sites is 2. The van der Waals surface area contributed by atoms with Gasteiger partial charge in [0.05, 0.1) is 11.0 Å². The average Bonchev–Trinajstić information content (AvgIpc) is 2.61. The number of nitrogens with zero attached hydrogens (tertiary/aromatic N) is 2. The molecule has 0 saturated heterocycles. The van der Waals surface area contributed by atoms with E-state index in [4.69, 9.17) is 0 Å². The molecule has 1 aromatic heterocycles. The molecule has 0 atom stereocenters. The summed E-state index contributed by atoms with van der Waals surface area (Å²) in [4.78, 5) is 29.4. The van der Waals surface area contributed by atoms with E-state index in [1.165, 1.54) is 0 Å². The normalized spacial score (nSPS) is 11.0. The zero-order valence-electron chi connectivity index (χ0n) is 14.6. The highest BCUT2D eigenvalue weighted by Gasteiger charge is 2.13. The molecule has 0 saturated carbocycles. The molecule has 3 aromatic rings. The number of carbonyl (C=O) groups excluding carboxylic acids is 1. The molecule has 1 N–H and O–H groups in total. The van der Waals surface area contributed by atoms with Crippen molar-refractivity contribution in [2.45, 2.75) is 33.4 Å². The molecule has 0 aliphatic carbocycles. The van der Waals surface area contributed by atoms with Crippen molar-refractivity contribution >= 4 is 16.9 Å². The zero-order valence-corrected chi connectivity index (χ0v) is 14.6. The molecule has 0 fully saturated rings. The Balaban J connectivity index is 2.06. The summed E-state index contributed by atoms with van der Waals surface area (Å²) in [6, 6.07) is 14.7. The lowest BCUT2D eigenvalue weighted by Gasteiger charge is -2.11. The number of hydrogen-bond donors (Lipinski definition) is 1. The Labute approximate surface area is 146 Å². The maximum absolute atomic E-state index is 12.8. The molecule has 0 spiro atoms. The number of benzene rings is 2. The number of amides is 1. The van der Waals surface area contributed by atoms with Crippen molar-refractivity contribution in [3.8, 4) is 11.3 Å². The molecule has 5 nitrogen and oxygen atoms in total. The van der Waals surface area contributed by atoms with Gasteiger partial charge in [-0.2, -0.15) is 0 Å². The fourth-order valence-electron chi connectivity index (χ4n) is 2.82. The van der Waals surface area contributed by atoms with Gasteiger partial charge in [0.15, 0.2) is 0 Å². The third-order valence-electron chi connectivity index (χ3n) is 4.01. The van der Waals surface area contributed by atoms with Gasteiger partial charge < -0.3 is 9.88 Å². The minimum absolute atomic E-state index is 0.0751. The standard InChI is InChI=1S/C20H21N3O2/c1-4-23-17-8-6-5-7-16(17)22-18(20(23)25)14-9-11-15(12-10-14)19(24)21-13(2)3/h5-13H,4H2,1-3H3,(H,21,24). The first-order chi connectivity index (χ1) is 12.0. The predicted molar refractivity (Wildman–Crippen MR) is 99.7 cm³/mol. The minimum atomic E-state index is -0.126. The maximum atomic E-state index is 12.8. The molecule has 0 aliphatic rings. The number of rotatable bonds is 4. The van der Waals surface area contributed by atoms with Crippen LogP contribution in [0.5, 0.6) is 0 Å². The largest absolute Gasteiger partial charge is 0.350 e. The van der Waals surface area contributed by atoms with Crippen LogP contribution in [0, 0.1) is 0 Å². The molecule has 1 heterocycles. The van der Waals surface area contributed by atoms with Gasteiger partial charge >= 0.3 is 0 Å². The van der Waals surface area contributed by atoms with Crippen molar-refractivity contribution in [1.82, 2.24) is 14.9 Å². The predicted octanol–water partition coefficient (Wildman–Crippen LogP) is 3.22. The molecule has 0 radical (unpaired) electrons. The van der Waals surface area contributed by atoms with E-state index in [2.05, 4.69) is 10.3 Å². The third kappa shape index (κ3) is 3.31. The molecule has 3 rings (SSSR count). The summed E-state index contributed by atoms with van der Waals surface area (Å²) in [6.45, 7) is 6.34. The number of fused-ring (bicyclic) bond motifs is 1. The van der Waals surface area contributed by atoms with E-state index in [0.717, 1.165) is 11.0 Å². The van der Waals surface area contributed by atoms with E-state index < -0.39 is 0 Å². The third-order valence-corrected chi connectivity index (χ3v) is 4.01. The van der Waals surface area contributed by atoms with Crippen LogP contribution in [0.2, 0.25) is 0 Å². The SMILES string of the molecule is CCn1c(=O)c(-c2ccc(C(=O)NC(C)C)cc2)nc2ccccc21. The van der Waals surface area contributed by atoms with Gasteiger partial charge in [-0.1, -0.05) is 24.3 Å². The molecule has 25 heavy (non-hydrogen) atoms. The van der Waals surface area contributed by atoms with Crippen molar-refractivity contribution in [2.24, 2.45) is 0 Å². The van der Waals surface area contributed by atoms with Crippen molar-refractivity contribution in [3.05, 3.63) is 64.4 Å². The first kappa shape index (κ1) is 16.9. The quantitative estimate of drug-likeness (QED) is 0.796. The molecule has 0 bridgehead atoms. The number of aromatic nitrogens is 2. The maximum Gasteiger partial charge on any atom is 0.277 e. The van der Waals surface area contributed by atoms with Crippen LogP contribution in [0.1, 0.15) is 31.1 Å². The molecular formula is C20H21N3O2. The van der Waals surface area contributed by atoms with Gasteiger partial charge in [-0.15, -0.1) is 0 Å². The van der Waals surface area contributed by atoms with Gasteiger partial charge in [0.25, 0.3) is 11.5 Å². The lowest BCUT2D eigenvalue weighted by molar-refractivity contribution is 0.0943. The smallest absolute Gasteiger partial charge is 0.277 e. The summed E-state index contributed by atoms with van der Waals surface area (Å²) in [6.07, 6.45) is 0. The van der Waals surface area contributed by atoms with Crippen molar-refractivity contribution in [1.29, 1.82) is 0 Å². The van der Waals surface area contributed by atoms with Crippen LogP contribution >= 0.6 is 0 Å². The Morgan fingerprint density at radius 1 is 1.12 bits per heavy atom. The molecule has 2 aromatic carbocycles. The van der Waals surface area contributed by atoms with E-state index in [9.17, 15) is 9.59 Å². The average molecular weight is 335 g/mol. The Kier molecular flexibility index (Phi) is 4.65. The fraction of sp³-hybridized carbons (Fsp3) is 0.250. The molecule has 1 amide bonds. The number of hydrogen-bond acceptors (Lipinski definition) is 3. The summed E-state index contributed by atoms with van der Waals surface area (Å²) < 4.78 is 1.72. The highest BCUT2D eigenvalue weighted by Crippen LogP contribution is 2.18. The first-order valence-corrected chi connectivity index (χ1v) is 8.42. The molecule has 128 valence electrons. The first-order valence-electron chi connectivity index (χ1n) is 8.42. The minimum Gasteiger partial charge on any atom is -0.350 e. The van der Waals surface area contributed by atoms with Crippen LogP contribution in [0.4, 0.5) is 0 Å². The van der Waals surface area contributed by atoms with E-state index in [0.29, 0.717) is 23.4 Å². The van der Waals surface area contributed by atoms with Crippen LogP contribution < -0.4 is 10.9 Å². The van der Waals surface area contributed by atoms with E-state index in [1.54, 1.807) is 28.8 Å². The Hall–Kier alpha value is -2.95. The van der Waals surface area contributed by atoms with Crippen molar-refractivity contribution < 1.29 is 4.79 Å². The zero-order chi connectivity index (χ0) is 18.0. The highest BCUT2D eigenvalue weighted by molar-refractivity contribution is 5.94. The summed E-state index contributed by atoms with van der Waals surface area (Å²) >= 11 is 0. The van der Waals surface area contributed by atoms with Crippen LogP contribution in [-0.4, -0.2) is 21.5 Å². The van der Waals surface area contributed by atoms with Gasteiger partial charge in [0.1, 0.15) is 5.69 Å². The topological polar surface area (TPSA) is 64.0 Å². The molecule has 0 unspecified atom stereocenters. The Morgan fingerprint density at radius 3 is 2.44 bits per heavy atom. The summed E-state index contributed by atoms with van der Waals surface area (Å²) in [5.74, 6) is -0.126. The lowest BCUT2D eigenvalue weighted by Crippen LogP contribution is -2.30. The Morgan fingerprint density at radius 2 is 1.80 bits per heavy atom. The second-order valence-electron chi connectivity index (χ2n) is 6.20. The highest BCUT2D eigenvalue weighted by atomic mass is 16.1. The van der Waals surface area contributed by atoms with Gasteiger partial charge in [0, 0.05) is 23.7 Å². The van der Waals surface area contributed by atoms with Crippen LogP contribution in [0.25, 0.3) is 22.3 Å². The Bertz CT molecular complexity index is 972. The monoisotopic (exact) mass is 335 g/mol. The van der Waals surface area contributed by atoms with Crippen LogP contribution in [0.15, 0.2) is 53.3 Å².